The van der Waals surface area contributed by atoms with Crippen molar-refractivity contribution in [1.29, 1.82) is 0 Å². The monoisotopic (exact) mass is 404 g/mol. The van der Waals surface area contributed by atoms with Crippen LogP contribution in [0.15, 0.2) is 18.2 Å². The van der Waals surface area contributed by atoms with E-state index in [2.05, 4.69) is 6.92 Å². The standard InChI is InChI=1S/C26H44O3/c1-3-4-5-6-7-8-9-10-11-12-13-14-15-16-17-18-21-29-24-19-20-25(23(2)27)26(28)22-24/h19-20,22,28H,3-18,21H2,1-2H3. The van der Waals surface area contributed by atoms with Crippen molar-refractivity contribution in [1.82, 2.24) is 0 Å². The third-order valence-corrected chi connectivity index (χ3v) is 5.62. The minimum atomic E-state index is -0.133. The van der Waals surface area contributed by atoms with Crippen molar-refractivity contribution in [3.05, 3.63) is 23.8 Å². The lowest BCUT2D eigenvalue weighted by atomic mass is 10.0. The van der Waals surface area contributed by atoms with E-state index in [1.807, 2.05) is 0 Å². The van der Waals surface area contributed by atoms with E-state index in [1.54, 1.807) is 12.1 Å². The average molecular weight is 405 g/mol. The van der Waals surface area contributed by atoms with Crippen molar-refractivity contribution in [3.63, 3.8) is 0 Å². The molecule has 3 nitrogen and oxygen atoms in total. The number of hydrogen-bond donors (Lipinski definition) is 1. The van der Waals surface area contributed by atoms with Crippen LogP contribution in [0.5, 0.6) is 11.5 Å². The van der Waals surface area contributed by atoms with Crippen molar-refractivity contribution in [2.75, 3.05) is 6.61 Å². The van der Waals surface area contributed by atoms with E-state index in [0.29, 0.717) is 17.9 Å². The molecule has 0 aliphatic rings. The van der Waals surface area contributed by atoms with E-state index in [9.17, 15) is 9.90 Å². The number of unbranched alkanes of at least 4 members (excludes halogenated alkanes) is 15. The van der Waals surface area contributed by atoms with Crippen molar-refractivity contribution in [2.45, 2.75) is 117 Å². The van der Waals surface area contributed by atoms with E-state index in [0.717, 1.165) is 6.42 Å². The maximum absolute atomic E-state index is 11.3. The normalized spacial score (nSPS) is 11.0. The van der Waals surface area contributed by atoms with Crippen LogP contribution in [0.2, 0.25) is 0 Å². The van der Waals surface area contributed by atoms with Gasteiger partial charge in [-0.3, -0.25) is 4.79 Å². The zero-order valence-corrected chi connectivity index (χ0v) is 19.0. The molecule has 0 unspecified atom stereocenters. The molecular weight excluding hydrogens is 360 g/mol. The minimum Gasteiger partial charge on any atom is -0.507 e. The Labute approximate surface area is 179 Å². The molecule has 1 aromatic rings. The summed E-state index contributed by atoms with van der Waals surface area (Å²) in [5, 5.41) is 9.80. The first-order valence-corrected chi connectivity index (χ1v) is 12.1. The summed E-state index contributed by atoms with van der Waals surface area (Å²) in [6.07, 6.45) is 21.7. The van der Waals surface area contributed by atoms with E-state index in [-0.39, 0.29) is 11.5 Å². The van der Waals surface area contributed by atoms with E-state index >= 15 is 0 Å². The van der Waals surface area contributed by atoms with Gasteiger partial charge >= 0.3 is 0 Å². The van der Waals surface area contributed by atoms with E-state index in [1.165, 1.54) is 109 Å². The summed E-state index contributed by atoms with van der Waals surface area (Å²) in [6.45, 7) is 4.39. The zero-order chi connectivity index (χ0) is 21.2. The summed E-state index contributed by atoms with van der Waals surface area (Å²) in [4.78, 5) is 11.3. The van der Waals surface area contributed by atoms with Gasteiger partial charge in [-0.05, 0) is 25.5 Å². The van der Waals surface area contributed by atoms with Gasteiger partial charge < -0.3 is 9.84 Å². The Hall–Kier alpha value is -1.51. The quantitative estimate of drug-likeness (QED) is 0.186. The third-order valence-electron chi connectivity index (χ3n) is 5.62. The van der Waals surface area contributed by atoms with Gasteiger partial charge in [0.25, 0.3) is 0 Å². The molecule has 0 aliphatic carbocycles. The van der Waals surface area contributed by atoms with Crippen LogP contribution in [0.4, 0.5) is 0 Å². The number of phenolic OH excluding ortho intramolecular Hbond substituents is 1. The number of rotatable bonds is 19. The lowest BCUT2D eigenvalue weighted by Crippen LogP contribution is -1.99. The predicted molar refractivity (Wildman–Crippen MR) is 123 cm³/mol. The van der Waals surface area contributed by atoms with Crippen LogP contribution in [0.25, 0.3) is 0 Å². The Morgan fingerprint density at radius 3 is 1.62 bits per heavy atom. The molecule has 29 heavy (non-hydrogen) atoms. The highest BCUT2D eigenvalue weighted by Gasteiger charge is 2.07. The summed E-state index contributed by atoms with van der Waals surface area (Å²) in [5.41, 5.74) is 0.347. The molecule has 0 aromatic heterocycles. The molecule has 0 spiro atoms. The molecule has 0 amide bonds. The Balaban J connectivity index is 1.85. The summed E-state index contributed by atoms with van der Waals surface area (Å²) in [6, 6.07) is 4.91. The van der Waals surface area contributed by atoms with Gasteiger partial charge in [-0.25, -0.2) is 0 Å². The van der Waals surface area contributed by atoms with Crippen LogP contribution < -0.4 is 4.74 Å². The predicted octanol–water partition coefficient (Wildman–Crippen LogP) is 8.24. The Morgan fingerprint density at radius 2 is 1.21 bits per heavy atom. The van der Waals surface area contributed by atoms with Crippen molar-refractivity contribution in [3.8, 4) is 11.5 Å². The molecule has 166 valence electrons. The van der Waals surface area contributed by atoms with Gasteiger partial charge in [0.05, 0.1) is 12.2 Å². The van der Waals surface area contributed by atoms with Gasteiger partial charge in [-0.15, -0.1) is 0 Å². The van der Waals surface area contributed by atoms with Crippen molar-refractivity contribution in [2.24, 2.45) is 0 Å². The molecule has 0 radical (unpaired) electrons. The van der Waals surface area contributed by atoms with E-state index in [4.69, 9.17) is 4.74 Å². The van der Waals surface area contributed by atoms with Crippen molar-refractivity contribution < 1.29 is 14.6 Å². The molecule has 0 saturated carbocycles. The molecular formula is C26H44O3. The topological polar surface area (TPSA) is 46.5 Å². The average Bonchev–Trinajstić information content (AvgIpc) is 2.70. The summed E-state index contributed by atoms with van der Waals surface area (Å²) < 4.78 is 5.67. The fourth-order valence-corrected chi connectivity index (χ4v) is 3.74. The minimum absolute atomic E-state index is 0.00183. The number of hydrogen-bond acceptors (Lipinski definition) is 3. The van der Waals surface area contributed by atoms with Gasteiger partial charge in [0, 0.05) is 6.07 Å². The van der Waals surface area contributed by atoms with Crippen molar-refractivity contribution >= 4 is 5.78 Å². The van der Waals surface area contributed by atoms with Gasteiger partial charge in [-0.1, -0.05) is 103 Å². The summed E-state index contributed by atoms with van der Waals surface area (Å²) >= 11 is 0. The molecule has 1 rings (SSSR count). The number of benzene rings is 1. The second kappa shape index (κ2) is 17.4. The lowest BCUT2D eigenvalue weighted by molar-refractivity contribution is 0.101. The molecule has 1 N–H and O–H groups in total. The van der Waals surface area contributed by atoms with Crippen LogP contribution >= 0.6 is 0 Å². The largest absolute Gasteiger partial charge is 0.507 e. The van der Waals surface area contributed by atoms with Gasteiger partial charge in [-0.2, -0.15) is 0 Å². The summed E-state index contributed by atoms with van der Waals surface area (Å²) in [5.74, 6) is 0.502. The smallest absolute Gasteiger partial charge is 0.163 e. The Morgan fingerprint density at radius 1 is 0.759 bits per heavy atom. The molecule has 0 fully saturated rings. The number of phenols is 1. The van der Waals surface area contributed by atoms with Crippen LogP contribution in [-0.4, -0.2) is 17.5 Å². The van der Waals surface area contributed by atoms with Crippen LogP contribution in [0.1, 0.15) is 127 Å². The maximum Gasteiger partial charge on any atom is 0.163 e. The number of Topliss-reactive ketones (excluding diaryl/α,β-unsaturated/α-hetero) is 1. The highest BCUT2D eigenvalue weighted by Crippen LogP contribution is 2.24. The fraction of sp³-hybridized carbons (Fsp3) is 0.731. The zero-order valence-electron chi connectivity index (χ0n) is 19.0. The van der Waals surface area contributed by atoms with E-state index < -0.39 is 0 Å². The second-order valence-electron chi connectivity index (χ2n) is 8.39. The molecule has 0 bridgehead atoms. The van der Waals surface area contributed by atoms with Gasteiger partial charge in [0.2, 0.25) is 0 Å². The van der Waals surface area contributed by atoms with Gasteiger partial charge in [0.15, 0.2) is 5.78 Å². The highest BCUT2D eigenvalue weighted by atomic mass is 16.5. The molecule has 0 atom stereocenters. The Bertz CT molecular complexity index is 539. The SMILES string of the molecule is CCCCCCCCCCCCCCCCCCOc1ccc(C(C)=O)c(O)c1. The lowest BCUT2D eigenvalue weighted by Gasteiger charge is -2.08. The first kappa shape index (κ1) is 25.5. The molecule has 1 aromatic carbocycles. The third kappa shape index (κ3) is 13.4. The number of aromatic hydroxyl groups is 1. The number of carbonyl (C=O) groups excluding carboxylic acids is 1. The summed E-state index contributed by atoms with van der Waals surface area (Å²) in [7, 11) is 0. The first-order chi connectivity index (χ1) is 14.1. The fourth-order valence-electron chi connectivity index (χ4n) is 3.74. The van der Waals surface area contributed by atoms with Crippen LogP contribution in [0, 0.1) is 0 Å². The molecule has 0 heterocycles. The number of carbonyl (C=O) groups is 1. The van der Waals surface area contributed by atoms with Crippen LogP contribution in [-0.2, 0) is 0 Å². The van der Waals surface area contributed by atoms with Crippen LogP contribution in [0.3, 0.4) is 0 Å². The molecule has 0 saturated heterocycles. The highest BCUT2D eigenvalue weighted by molar-refractivity contribution is 5.96. The number of ether oxygens (including phenoxy) is 1. The molecule has 3 heteroatoms. The molecule has 0 aliphatic heterocycles. The van der Waals surface area contributed by atoms with Gasteiger partial charge in [0.1, 0.15) is 11.5 Å². The number of ketones is 1. The maximum atomic E-state index is 11.3. The Kier molecular flexibility index (Phi) is 15.3. The second-order valence-corrected chi connectivity index (χ2v) is 8.39. The first-order valence-electron chi connectivity index (χ1n) is 12.1.